The summed E-state index contributed by atoms with van der Waals surface area (Å²) >= 11 is 1.47. The molecule has 0 unspecified atom stereocenters. The number of thioether (sulfide) groups is 1. The molecule has 170 valence electrons. The molecule has 32 heavy (non-hydrogen) atoms. The first-order valence-corrected chi connectivity index (χ1v) is 11.8. The van der Waals surface area contributed by atoms with E-state index in [1.807, 2.05) is 55.3 Å². The Kier molecular flexibility index (Phi) is 6.60. The van der Waals surface area contributed by atoms with E-state index in [1.54, 1.807) is 7.11 Å². The fourth-order valence-electron chi connectivity index (χ4n) is 3.82. The van der Waals surface area contributed by atoms with Gasteiger partial charge in [0.25, 0.3) is 0 Å². The number of ether oxygens (including phenoxy) is 2. The Bertz CT molecular complexity index is 993. The second-order valence-corrected chi connectivity index (χ2v) is 9.38. The molecule has 0 aromatic heterocycles. The SMILES string of the molecule is COc1ccc([C@@H]2C(C(=O)OC(C)C)=C(C)N=C3SC=C(CC(=O)NCC4CC4)N32)cc1. The monoisotopic (exact) mass is 455 g/mol. The minimum absolute atomic E-state index is 0.0175. The van der Waals surface area contributed by atoms with Crippen molar-refractivity contribution < 1.29 is 19.1 Å². The second-order valence-electron chi connectivity index (χ2n) is 8.54. The summed E-state index contributed by atoms with van der Waals surface area (Å²) in [7, 11) is 1.62. The summed E-state index contributed by atoms with van der Waals surface area (Å²) in [5.74, 6) is 0.941. The number of nitrogens with one attached hydrogen (secondary N) is 1. The van der Waals surface area contributed by atoms with Crippen LogP contribution in [0.3, 0.4) is 0 Å². The number of benzene rings is 1. The molecule has 1 aromatic rings. The molecule has 2 aliphatic heterocycles. The van der Waals surface area contributed by atoms with Crippen LogP contribution in [0.1, 0.15) is 51.6 Å². The number of methoxy groups -OCH3 is 1. The van der Waals surface area contributed by atoms with Gasteiger partial charge in [0.1, 0.15) is 5.75 Å². The molecule has 1 amide bonds. The third-order valence-corrected chi connectivity index (χ3v) is 6.51. The van der Waals surface area contributed by atoms with Crippen LogP contribution in [0.4, 0.5) is 0 Å². The third-order valence-electron chi connectivity index (χ3n) is 5.62. The van der Waals surface area contributed by atoms with E-state index in [0.717, 1.165) is 28.7 Å². The van der Waals surface area contributed by atoms with Gasteiger partial charge in [0.2, 0.25) is 5.91 Å². The van der Waals surface area contributed by atoms with Crippen LogP contribution in [0.15, 0.2) is 51.6 Å². The van der Waals surface area contributed by atoms with Crippen molar-refractivity contribution in [2.24, 2.45) is 10.9 Å². The van der Waals surface area contributed by atoms with Crippen molar-refractivity contribution in [3.63, 3.8) is 0 Å². The molecule has 2 heterocycles. The van der Waals surface area contributed by atoms with Crippen LogP contribution >= 0.6 is 11.8 Å². The zero-order valence-corrected chi connectivity index (χ0v) is 19.7. The quantitative estimate of drug-likeness (QED) is 0.594. The summed E-state index contributed by atoms with van der Waals surface area (Å²) in [5, 5.41) is 5.74. The highest BCUT2D eigenvalue weighted by molar-refractivity contribution is 8.16. The maximum atomic E-state index is 13.1. The van der Waals surface area contributed by atoms with Gasteiger partial charge in [0, 0.05) is 12.2 Å². The minimum Gasteiger partial charge on any atom is -0.497 e. The van der Waals surface area contributed by atoms with Crippen LogP contribution in [0.25, 0.3) is 0 Å². The molecule has 1 fully saturated rings. The molecule has 0 saturated heterocycles. The number of aliphatic imine (C=N–C) groups is 1. The summed E-state index contributed by atoms with van der Waals surface area (Å²) < 4.78 is 10.9. The fourth-order valence-corrected chi connectivity index (χ4v) is 4.78. The topological polar surface area (TPSA) is 80.2 Å². The molecule has 1 aliphatic carbocycles. The van der Waals surface area contributed by atoms with Crippen molar-refractivity contribution in [3.05, 3.63) is 52.2 Å². The molecule has 7 nitrogen and oxygen atoms in total. The molecule has 0 radical (unpaired) electrons. The van der Waals surface area contributed by atoms with Crippen LogP contribution < -0.4 is 10.1 Å². The van der Waals surface area contributed by atoms with Crippen molar-refractivity contribution in [1.29, 1.82) is 0 Å². The zero-order chi connectivity index (χ0) is 22.8. The standard InChI is InChI=1S/C24H29N3O4S/c1-14(2)31-23(29)21-15(3)26-24-27(22(21)17-7-9-19(30-4)10-8-17)18(13-32-24)11-20(28)25-12-16-5-6-16/h7-10,13-14,16,22H,5-6,11-12H2,1-4H3,(H,25,28)/t22-/m1/s1. The van der Waals surface area contributed by atoms with Gasteiger partial charge in [0.15, 0.2) is 5.17 Å². The number of carbonyl (C=O) groups is 2. The molecule has 0 bridgehead atoms. The molecule has 3 aliphatic rings. The molecule has 1 N–H and O–H groups in total. The first kappa shape index (κ1) is 22.5. The number of rotatable bonds is 8. The van der Waals surface area contributed by atoms with Gasteiger partial charge in [-0.2, -0.15) is 0 Å². The number of nitrogens with zero attached hydrogens (tertiary/aromatic N) is 2. The first-order valence-electron chi connectivity index (χ1n) is 10.9. The van der Waals surface area contributed by atoms with Crippen LogP contribution in [-0.4, -0.2) is 41.7 Å². The Labute approximate surface area is 192 Å². The summed E-state index contributed by atoms with van der Waals surface area (Å²) in [6.07, 6.45) is 2.36. The smallest absolute Gasteiger partial charge is 0.338 e. The van der Waals surface area contributed by atoms with Crippen molar-refractivity contribution in [2.75, 3.05) is 13.7 Å². The van der Waals surface area contributed by atoms with Crippen molar-refractivity contribution in [3.8, 4) is 5.75 Å². The number of hydrogen-bond donors (Lipinski definition) is 1. The fraction of sp³-hybridized carbons (Fsp3) is 0.458. The van der Waals surface area contributed by atoms with Gasteiger partial charge in [-0.25, -0.2) is 9.79 Å². The van der Waals surface area contributed by atoms with Gasteiger partial charge in [-0.15, -0.1) is 0 Å². The van der Waals surface area contributed by atoms with E-state index in [0.29, 0.717) is 17.2 Å². The van der Waals surface area contributed by atoms with Gasteiger partial charge >= 0.3 is 5.97 Å². The van der Waals surface area contributed by atoms with Gasteiger partial charge in [0.05, 0.1) is 36.9 Å². The number of amides is 1. The van der Waals surface area contributed by atoms with Gasteiger partial charge in [-0.05, 0) is 62.6 Å². The molecule has 1 saturated carbocycles. The number of fused-ring (bicyclic) bond motifs is 1. The van der Waals surface area contributed by atoms with E-state index in [1.165, 1.54) is 24.6 Å². The lowest BCUT2D eigenvalue weighted by molar-refractivity contribution is -0.143. The number of amidine groups is 1. The van der Waals surface area contributed by atoms with E-state index in [9.17, 15) is 9.59 Å². The summed E-state index contributed by atoms with van der Waals surface area (Å²) in [4.78, 5) is 32.4. The van der Waals surface area contributed by atoms with Crippen molar-refractivity contribution in [2.45, 2.75) is 52.2 Å². The highest BCUT2D eigenvalue weighted by Gasteiger charge is 2.41. The maximum absolute atomic E-state index is 13.1. The Morgan fingerprint density at radius 3 is 2.59 bits per heavy atom. The van der Waals surface area contributed by atoms with Crippen molar-refractivity contribution >= 4 is 28.8 Å². The second kappa shape index (κ2) is 9.40. The predicted octanol–water partition coefficient (Wildman–Crippen LogP) is 4.14. The lowest BCUT2D eigenvalue weighted by Crippen LogP contribution is -2.38. The minimum atomic E-state index is -0.433. The number of hydrogen-bond acceptors (Lipinski definition) is 7. The maximum Gasteiger partial charge on any atom is 0.338 e. The lowest BCUT2D eigenvalue weighted by atomic mass is 9.93. The van der Waals surface area contributed by atoms with E-state index in [4.69, 9.17) is 9.47 Å². The van der Waals surface area contributed by atoms with Gasteiger partial charge < -0.3 is 19.7 Å². The average Bonchev–Trinajstić information content (AvgIpc) is 3.51. The first-order chi connectivity index (χ1) is 15.4. The van der Waals surface area contributed by atoms with Crippen LogP contribution in [-0.2, 0) is 14.3 Å². The van der Waals surface area contributed by atoms with E-state index in [2.05, 4.69) is 10.3 Å². The molecular weight excluding hydrogens is 426 g/mol. The van der Waals surface area contributed by atoms with Crippen LogP contribution in [0, 0.1) is 5.92 Å². The van der Waals surface area contributed by atoms with E-state index < -0.39 is 12.0 Å². The molecule has 4 rings (SSSR count). The van der Waals surface area contributed by atoms with E-state index in [-0.39, 0.29) is 18.4 Å². The van der Waals surface area contributed by atoms with Crippen LogP contribution in [0.5, 0.6) is 5.75 Å². The number of carbonyl (C=O) groups excluding carboxylic acids is 2. The molecule has 8 heteroatoms. The normalized spacial score (nSPS) is 20.0. The van der Waals surface area contributed by atoms with Crippen LogP contribution in [0.2, 0.25) is 0 Å². The molecule has 1 aromatic carbocycles. The molecule has 0 spiro atoms. The highest BCUT2D eigenvalue weighted by atomic mass is 32.2. The van der Waals surface area contributed by atoms with Gasteiger partial charge in [-0.1, -0.05) is 23.9 Å². The Morgan fingerprint density at radius 2 is 1.97 bits per heavy atom. The Balaban J connectivity index is 1.66. The highest BCUT2D eigenvalue weighted by Crippen LogP contribution is 2.45. The summed E-state index contributed by atoms with van der Waals surface area (Å²) in [6, 6.07) is 7.19. The van der Waals surface area contributed by atoms with Gasteiger partial charge in [-0.3, -0.25) is 4.79 Å². The summed E-state index contributed by atoms with van der Waals surface area (Å²) in [5.41, 5.74) is 2.84. The lowest BCUT2D eigenvalue weighted by Gasteiger charge is -2.36. The molecular formula is C24H29N3O4S. The number of allylic oxidation sites excluding steroid dienone is 1. The summed E-state index contributed by atoms with van der Waals surface area (Å²) in [6.45, 7) is 6.22. The zero-order valence-electron chi connectivity index (χ0n) is 18.9. The van der Waals surface area contributed by atoms with Crippen molar-refractivity contribution in [1.82, 2.24) is 10.2 Å². The Hall–Kier alpha value is -2.74. The number of esters is 1. The predicted molar refractivity (Wildman–Crippen MR) is 125 cm³/mol. The molecule has 1 atom stereocenters. The third kappa shape index (κ3) is 4.85. The average molecular weight is 456 g/mol. The Morgan fingerprint density at radius 1 is 1.25 bits per heavy atom. The van der Waals surface area contributed by atoms with E-state index >= 15 is 0 Å². The largest absolute Gasteiger partial charge is 0.497 e.